The number of aryl methyl sites for hydroxylation is 2. The second kappa shape index (κ2) is 32.1. The van der Waals surface area contributed by atoms with Gasteiger partial charge in [0.05, 0.1) is 59.7 Å². The van der Waals surface area contributed by atoms with Crippen LogP contribution in [0.15, 0.2) is 177 Å². The summed E-state index contributed by atoms with van der Waals surface area (Å²) in [4.78, 5) is 9.31. The molecule has 0 saturated heterocycles. The zero-order chi connectivity index (χ0) is 64.1. The van der Waals surface area contributed by atoms with Crippen LogP contribution in [0.4, 0.5) is 11.4 Å². The van der Waals surface area contributed by atoms with E-state index in [1.165, 1.54) is 24.5 Å². The minimum Gasteiger partial charge on any atom is -0.748 e. The van der Waals surface area contributed by atoms with E-state index in [0.29, 0.717) is 36.1 Å². The van der Waals surface area contributed by atoms with Crippen molar-refractivity contribution in [3.63, 3.8) is 0 Å². The van der Waals surface area contributed by atoms with Crippen molar-refractivity contribution in [2.75, 3.05) is 54.1 Å². The summed E-state index contributed by atoms with van der Waals surface area (Å²) in [6.45, 7) is 15.9. The Kier molecular flexibility index (Phi) is 24.6. The van der Waals surface area contributed by atoms with Gasteiger partial charge in [-0.3, -0.25) is 8.74 Å². The van der Waals surface area contributed by atoms with Crippen LogP contribution in [0.1, 0.15) is 83.2 Å². The smallest absolute Gasteiger partial charge is 0.301 e. The molecule has 3 aliphatic rings. The molecule has 2 aromatic heterocycles. The van der Waals surface area contributed by atoms with Crippen LogP contribution < -0.4 is 18.9 Å². The molecule has 2 aliphatic heterocycles. The molecule has 2 unspecified atom stereocenters. The summed E-state index contributed by atoms with van der Waals surface area (Å²) in [5.74, 6) is -0.817. The fraction of sp³-hybridized carbons (Fsp3) is 0.313. The predicted molar refractivity (Wildman–Crippen MR) is 376 cm³/mol. The number of hydrogen-bond donors (Lipinski definition) is 1. The highest BCUT2D eigenvalue weighted by molar-refractivity contribution is 8.04. The van der Waals surface area contributed by atoms with Gasteiger partial charge < -0.3 is 23.8 Å². The summed E-state index contributed by atoms with van der Waals surface area (Å²) in [6, 6.07) is 36.8. The minimum absolute atomic E-state index is 0.156. The molecule has 0 fully saturated rings. The zero-order valence-electron chi connectivity index (χ0n) is 50.8. The van der Waals surface area contributed by atoms with Crippen molar-refractivity contribution in [2.24, 2.45) is 0 Å². The monoisotopic (exact) mass is 1390 g/mol. The Hall–Kier alpha value is -5.21. The Bertz CT molecular complexity index is 4340. The number of rotatable bonds is 23. The first-order chi connectivity index (χ1) is 43.3. The first kappa shape index (κ1) is 69.1. The van der Waals surface area contributed by atoms with Crippen LogP contribution in [0.5, 0.6) is 0 Å². The van der Waals surface area contributed by atoms with E-state index in [2.05, 4.69) is 162 Å². The summed E-state index contributed by atoms with van der Waals surface area (Å²) in [5.41, 5.74) is 6.42. The molecule has 2 atom stereocenters. The summed E-state index contributed by atoms with van der Waals surface area (Å²) in [7, 11) is -8.61. The molecule has 8 aromatic rings. The molecule has 0 bridgehead atoms. The largest absolute Gasteiger partial charge is 0.748 e. The normalized spacial score (nSPS) is 16.4. The summed E-state index contributed by atoms with van der Waals surface area (Å²) < 4.78 is 99.5. The number of anilines is 2. The number of hydrogen-bond acceptors (Lipinski definition) is 15. The Morgan fingerprint density at radius 1 is 0.700 bits per heavy atom. The van der Waals surface area contributed by atoms with Gasteiger partial charge in [-0.2, -0.15) is 13.3 Å². The third-order valence-electron chi connectivity index (χ3n) is 15.5. The lowest BCUT2D eigenvalue weighted by molar-refractivity contribution is -0.668. The third kappa shape index (κ3) is 17.9. The van der Waals surface area contributed by atoms with Gasteiger partial charge in [0.2, 0.25) is 11.0 Å². The molecule has 0 saturated carbocycles. The highest BCUT2D eigenvalue weighted by Gasteiger charge is 2.32. The van der Waals surface area contributed by atoms with Crippen LogP contribution in [-0.2, 0) is 48.9 Å². The Labute approximate surface area is 557 Å². The second-order valence-electron chi connectivity index (χ2n) is 21.4. The van der Waals surface area contributed by atoms with Crippen LogP contribution >= 0.6 is 69.4 Å². The average Bonchev–Trinajstić information content (AvgIpc) is 1.63. The Morgan fingerprint density at radius 3 is 1.90 bits per heavy atom. The van der Waals surface area contributed by atoms with Crippen molar-refractivity contribution in [1.29, 1.82) is 0 Å². The molecule has 0 amide bonds. The molecule has 23 heteroatoms. The van der Waals surface area contributed by atoms with Crippen molar-refractivity contribution < 1.29 is 48.0 Å². The number of aromatic nitrogens is 2. The van der Waals surface area contributed by atoms with Crippen molar-refractivity contribution in [3.05, 3.63) is 187 Å². The number of nitrogens with zero attached hydrogens (tertiary/aromatic N) is 5. The van der Waals surface area contributed by atoms with Gasteiger partial charge in [0.25, 0.3) is 10.0 Å². The first-order valence-corrected chi connectivity index (χ1v) is 38.2. The number of fused-ring (bicyclic) bond motifs is 8. The number of thioether (sulfide) groups is 2. The van der Waals surface area contributed by atoms with Crippen LogP contribution in [0.3, 0.4) is 0 Å². The van der Waals surface area contributed by atoms with E-state index in [0.717, 1.165) is 109 Å². The predicted octanol–water partition coefficient (Wildman–Crippen LogP) is 16.1. The van der Waals surface area contributed by atoms with E-state index in [9.17, 15) is 30.1 Å². The maximum absolute atomic E-state index is 11.4. The molecule has 1 aliphatic carbocycles. The zero-order valence-corrected chi connectivity index (χ0v) is 58.0. The number of allylic oxidation sites excluding steroid dienone is 6. The van der Waals surface area contributed by atoms with Crippen LogP contribution in [0.2, 0.25) is 10.0 Å². The topological polar surface area (TPSA) is 178 Å². The van der Waals surface area contributed by atoms with Gasteiger partial charge in [0, 0.05) is 74.3 Å². The highest BCUT2D eigenvalue weighted by Crippen LogP contribution is 2.51. The maximum atomic E-state index is 11.4. The van der Waals surface area contributed by atoms with Gasteiger partial charge in [-0.1, -0.05) is 183 Å². The van der Waals surface area contributed by atoms with Gasteiger partial charge >= 0.3 is 11.4 Å². The Morgan fingerprint density at radius 2 is 1.27 bits per heavy atom. The molecule has 4 heterocycles. The maximum Gasteiger partial charge on any atom is 0.301 e. The first-order valence-electron chi connectivity index (χ1n) is 30.0. The molecule has 90 heavy (non-hydrogen) atoms. The van der Waals surface area contributed by atoms with Crippen molar-refractivity contribution in [2.45, 2.75) is 102 Å². The van der Waals surface area contributed by atoms with E-state index >= 15 is 0 Å². The lowest BCUT2D eigenvalue weighted by atomic mass is 10.1. The van der Waals surface area contributed by atoms with E-state index in [1.807, 2.05) is 54.6 Å². The van der Waals surface area contributed by atoms with E-state index in [1.54, 1.807) is 46.2 Å². The molecular formula is C67H73Cl2N5O9S7. The van der Waals surface area contributed by atoms with E-state index in [-0.39, 0.29) is 25.5 Å². The quantitative estimate of drug-likeness (QED) is 0.0277. The van der Waals surface area contributed by atoms with E-state index < -0.39 is 43.1 Å². The van der Waals surface area contributed by atoms with Crippen LogP contribution in [-0.4, -0.2) is 89.9 Å². The number of halogens is 2. The van der Waals surface area contributed by atoms with Gasteiger partial charge in [0.15, 0.2) is 13.1 Å². The highest BCUT2D eigenvalue weighted by atomic mass is 35.5. The van der Waals surface area contributed by atoms with E-state index in [4.69, 9.17) is 31.9 Å². The lowest BCUT2D eigenvalue weighted by Crippen LogP contribution is -2.36. The second-order valence-corrected chi connectivity index (χ2v) is 30.2. The fourth-order valence-corrected chi connectivity index (χ4v) is 17.2. The molecule has 0 radical (unpaired) electrons. The molecule has 476 valence electrons. The standard InChI is InChI=1S/C33H32N2O6S4.C28H26Cl2N2O3S3.C6H15N/c1-2-23(21-30-34(17-7-19-41-44(36)37)32-26-11-5-3-9-24(26)13-15-28(32)42-30)22-31-35(18-8-20-45(38,39)40)33-27-12-6-4-10-25(27)14-16-29(33)43-31;1-2-19(15-27-31(13-6-14-38(33,34)35)23-17-20(29)9-11-25(23)36-27)16-28-32(22-7-4-3-5-8-22)24-18-21(30)10-12-26(24)37-28;1-4-7(5-2)6-3/h3-6,9-16,21-22H,2,7-8,17-20H2,1H3,(H-,36,37,38,39,40);3-5,7,9-12,15-18,22H,2,6,8,13-14H2,1H3;4-6H2,1-3H3. The van der Waals surface area contributed by atoms with Crippen LogP contribution in [0.25, 0.3) is 54.1 Å². The summed E-state index contributed by atoms with van der Waals surface area (Å²) in [5, 5.41) is 9.92. The van der Waals surface area contributed by atoms with Crippen molar-refractivity contribution in [3.8, 4) is 0 Å². The van der Waals surface area contributed by atoms with Crippen molar-refractivity contribution >= 4 is 167 Å². The number of thiazole rings is 2. The summed E-state index contributed by atoms with van der Waals surface area (Å²) >= 11 is 17.1. The molecule has 1 N–H and O–H groups in total. The molecule has 14 nitrogen and oxygen atoms in total. The van der Waals surface area contributed by atoms with Gasteiger partial charge in [-0.05, 0) is 128 Å². The lowest BCUT2D eigenvalue weighted by Gasteiger charge is -2.29. The number of benzene rings is 6. The van der Waals surface area contributed by atoms with Crippen LogP contribution in [0, 0.1) is 0 Å². The van der Waals surface area contributed by atoms with Gasteiger partial charge in [0.1, 0.15) is 9.40 Å². The third-order valence-corrected chi connectivity index (χ3v) is 22.3. The minimum atomic E-state index is -4.32. The van der Waals surface area contributed by atoms with Gasteiger partial charge in [-0.15, -0.1) is 0 Å². The molecular weight excluding hydrogens is 1310 g/mol. The van der Waals surface area contributed by atoms with Gasteiger partial charge in [-0.25, -0.2) is 16.8 Å². The Balaban J connectivity index is 0.000000195. The SMILES string of the molecule is CCC(=Cc1sc2ccc(Cl)cc2[n+]1CCCS(=O)(=O)[O-])C=C1Sc2ccc(Cl)cc2N1C1C=CC=CC1.CCC(=Cc1sc2ccc3ccccc3c2[n+]1CCCS(=O)(=O)[O-])C=C1Sc2ccc3ccccc3c2N1CCCOS(=O)O.CCN(CC)CC. The molecule has 11 rings (SSSR count). The van der Waals surface area contributed by atoms with Crippen molar-refractivity contribution in [1.82, 2.24) is 4.90 Å². The molecule has 0 spiro atoms. The summed E-state index contributed by atoms with van der Waals surface area (Å²) in [6.07, 6.45) is 20.8. The fourth-order valence-electron chi connectivity index (χ4n) is 11.0. The average molecular weight is 1390 g/mol. The molecule has 6 aromatic carbocycles.